The molecule has 1 N–H and O–H groups in total. The Morgan fingerprint density at radius 1 is 1.78 bits per heavy atom. The molecule has 0 aromatic carbocycles. The second kappa shape index (κ2) is 4.83. The van der Waals surface area contributed by atoms with E-state index in [4.69, 9.17) is 5.11 Å². The molecule has 50 valence electrons. The lowest BCUT2D eigenvalue weighted by molar-refractivity contribution is -0.131. The van der Waals surface area contributed by atoms with Gasteiger partial charge in [0.05, 0.1) is 6.21 Å². The first-order valence-electron chi connectivity index (χ1n) is 2.23. The molecule has 4 nitrogen and oxygen atoms in total. The molecule has 0 aromatic rings. The van der Waals surface area contributed by atoms with E-state index in [1.165, 1.54) is 19.4 Å². The van der Waals surface area contributed by atoms with E-state index in [1.54, 1.807) is 0 Å². The smallest absolute Gasteiger partial charge is 0.328 e. The molecule has 0 bridgehead atoms. The summed E-state index contributed by atoms with van der Waals surface area (Å²) < 4.78 is 0. The van der Waals surface area contributed by atoms with Crippen molar-refractivity contribution in [2.24, 2.45) is 5.16 Å². The minimum absolute atomic E-state index is 0.961. The Balaban J connectivity index is 3.47. The van der Waals surface area contributed by atoms with E-state index >= 15 is 0 Å². The fourth-order valence-corrected chi connectivity index (χ4v) is 0.221. The molecule has 9 heavy (non-hydrogen) atoms. The molecular formula is C5H7NO3. The van der Waals surface area contributed by atoms with Crippen LogP contribution in [0, 0.1) is 0 Å². The predicted octanol–water partition coefficient (Wildman–Crippen LogP) is 0.259. The number of hydrogen-bond acceptors (Lipinski definition) is 3. The molecular weight excluding hydrogens is 122 g/mol. The Morgan fingerprint density at radius 3 is 2.89 bits per heavy atom. The van der Waals surface area contributed by atoms with Gasteiger partial charge in [0, 0.05) is 6.08 Å². The molecule has 0 amide bonds. The van der Waals surface area contributed by atoms with Gasteiger partial charge < -0.3 is 9.94 Å². The van der Waals surface area contributed by atoms with Gasteiger partial charge in [-0.05, 0) is 6.08 Å². The summed E-state index contributed by atoms with van der Waals surface area (Å²) in [6.07, 6.45) is 3.47. The van der Waals surface area contributed by atoms with Crippen molar-refractivity contribution < 1.29 is 14.7 Å². The third-order valence-electron chi connectivity index (χ3n) is 0.491. The molecule has 0 unspecified atom stereocenters. The zero-order valence-corrected chi connectivity index (χ0v) is 4.94. The number of oxime groups is 1. The third kappa shape index (κ3) is 6.68. The summed E-state index contributed by atoms with van der Waals surface area (Å²) in [5.41, 5.74) is 0. The second-order valence-electron chi connectivity index (χ2n) is 1.13. The molecule has 4 heteroatoms. The molecule has 0 aliphatic carbocycles. The maximum atomic E-state index is 9.77. The average molecular weight is 129 g/mol. The first-order valence-corrected chi connectivity index (χ1v) is 2.23. The Labute approximate surface area is 52.4 Å². The zero-order chi connectivity index (χ0) is 7.11. The largest absolute Gasteiger partial charge is 0.478 e. The highest BCUT2D eigenvalue weighted by Gasteiger charge is 1.79. The number of aliphatic carboxylic acids is 1. The lowest BCUT2D eigenvalue weighted by Gasteiger charge is -1.78. The lowest BCUT2D eigenvalue weighted by atomic mass is 10.5. The number of carboxylic acids is 1. The van der Waals surface area contributed by atoms with Gasteiger partial charge in [-0.25, -0.2) is 4.79 Å². The van der Waals surface area contributed by atoms with Gasteiger partial charge in [-0.15, -0.1) is 0 Å². The molecule has 0 rings (SSSR count). The third-order valence-corrected chi connectivity index (χ3v) is 0.491. The van der Waals surface area contributed by atoms with E-state index in [0.717, 1.165) is 6.08 Å². The first-order chi connectivity index (χ1) is 4.27. The van der Waals surface area contributed by atoms with Gasteiger partial charge in [0.25, 0.3) is 0 Å². The van der Waals surface area contributed by atoms with E-state index in [9.17, 15) is 4.79 Å². The van der Waals surface area contributed by atoms with Gasteiger partial charge in [-0.3, -0.25) is 0 Å². The van der Waals surface area contributed by atoms with E-state index in [1.807, 2.05) is 0 Å². The van der Waals surface area contributed by atoms with Crippen LogP contribution < -0.4 is 0 Å². The number of carbonyl (C=O) groups is 1. The van der Waals surface area contributed by atoms with E-state index < -0.39 is 5.97 Å². The fraction of sp³-hybridized carbons (Fsp3) is 0.200. The van der Waals surface area contributed by atoms with Crippen LogP contribution in [-0.4, -0.2) is 24.4 Å². The first kappa shape index (κ1) is 7.68. The summed E-state index contributed by atoms with van der Waals surface area (Å²) in [4.78, 5) is 14.0. The van der Waals surface area contributed by atoms with Gasteiger partial charge in [0.1, 0.15) is 7.11 Å². The maximum absolute atomic E-state index is 9.77. The molecule has 0 saturated carbocycles. The fourth-order valence-electron chi connectivity index (χ4n) is 0.221. The topological polar surface area (TPSA) is 58.9 Å². The highest BCUT2D eigenvalue weighted by atomic mass is 16.6. The van der Waals surface area contributed by atoms with Crippen LogP contribution in [0.3, 0.4) is 0 Å². The summed E-state index contributed by atoms with van der Waals surface area (Å²) in [7, 11) is 1.38. The van der Waals surface area contributed by atoms with Crippen molar-refractivity contribution in [3.05, 3.63) is 12.2 Å². The van der Waals surface area contributed by atoms with Gasteiger partial charge in [0.15, 0.2) is 0 Å². The number of nitrogens with zero attached hydrogens (tertiary/aromatic N) is 1. The van der Waals surface area contributed by atoms with E-state index in [-0.39, 0.29) is 0 Å². The molecule has 0 fully saturated rings. The zero-order valence-electron chi connectivity index (χ0n) is 4.94. The van der Waals surface area contributed by atoms with Crippen molar-refractivity contribution in [2.45, 2.75) is 0 Å². The summed E-state index contributed by atoms with van der Waals surface area (Å²) in [5, 5.41) is 11.3. The maximum Gasteiger partial charge on any atom is 0.328 e. The van der Waals surface area contributed by atoms with Crippen LogP contribution in [-0.2, 0) is 9.63 Å². The molecule has 0 aromatic heterocycles. The molecule has 0 atom stereocenters. The minimum atomic E-state index is -1.00. The highest BCUT2D eigenvalue weighted by Crippen LogP contribution is 1.69. The molecule has 0 aliphatic rings. The second-order valence-corrected chi connectivity index (χ2v) is 1.13. The Kier molecular flexibility index (Phi) is 4.12. The number of carboxylic acid groups (broad SMARTS) is 1. The van der Waals surface area contributed by atoms with Gasteiger partial charge in [-0.2, -0.15) is 0 Å². The lowest BCUT2D eigenvalue weighted by Crippen LogP contribution is -1.85. The van der Waals surface area contributed by atoms with Crippen molar-refractivity contribution in [3.8, 4) is 0 Å². The molecule has 0 radical (unpaired) electrons. The van der Waals surface area contributed by atoms with Crippen LogP contribution in [0.1, 0.15) is 0 Å². The summed E-state index contributed by atoms with van der Waals surface area (Å²) in [6.45, 7) is 0. The molecule has 0 saturated heterocycles. The van der Waals surface area contributed by atoms with E-state index in [2.05, 4.69) is 9.99 Å². The van der Waals surface area contributed by atoms with Crippen molar-refractivity contribution in [2.75, 3.05) is 7.11 Å². The van der Waals surface area contributed by atoms with Crippen LogP contribution in [0.15, 0.2) is 17.3 Å². The van der Waals surface area contributed by atoms with Gasteiger partial charge >= 0.3 is 5.97 Å². The van der Waals surface area contributed by atoms with Gasteiger partial charge in [-0.1, -0.05) is 5.16 Å². The SMILES string of the molecule is CO/N=C/C=C\C(=O)O. The van der Waals surface area contributed by atoms with E-state index in [0.29, 0.717) is 0 Å². The number of rotatable bonds is 3. The van der Waals surface area contributed by atoms with Crippen molar-refractivity contribution >= 4 is 12.2 Å². The highest BCUT2D eigenvalue weighted by molar-refractivity contribution is 5.86. The summed E-state index contributed by atoms with van der Waals surface area (Å²) >= 11 is 0. The molecule has 0 spiro atoms. The normalized spacial score (nSPS) is 10.8. The summed E-state index contributed by atoms with van der Waals surface area (Å²) in [6, 6.07) is 0. The Hall–Kier alpha value is -1.32. The van der Waals surface area contributed by atoms with Gasteiger partial charge in [0.2, 0.25) is 0 Å². The van der Waals surface area contributed by atoms with Crippen molar-refractivity contribution in [1.82, 2.24) is 0 Å². The van der Waals surface area contributed by atoms with Crippen LogP contribution in [0.2, 0.25) is 0 Å². The van der Waals surface area contributed by atoms with Crippen LogP contribution in [0.25, 0.3) is 0 Å². The minimum Gasteiger partial charge on any atom is -0.478 e. The monoisotopic (exact) mass is 129 g/mol. The van der Waals surface area contributed by atoms with Crippen LogP contribution in [0.4, 0.5) is 0 Å². The number of allylic oxidation sites excluding steroid dienone is 1. The summed E-state index contributed by atoms with van der Waals surface area (Å²) in [5.74, 6) is -1.00. The molecule has 0 aliphatic heterocycles. The average Bonchev–Trinajstić information content (AvgIpc) is 1.80. The standard InChI is InChI=1S/C5H7NO3/c1-9-6-4-2-3-5(7)8/h2-4H,1H3,(H,7,8)/b3-2-,6-4+. The number of hydrogen-bond donors (Lipinski definition) is 1. The predicted molar refractivity (Wildman–Crippen MR) is 32.3 cm³/mol. The quantitative estimate of drug-likeness (QED) is 0.338. The molecule has 0 heterocycles. The van der Waals surface area contributed by atoms with Crippen molar-refractivity contribution in [1.29, 1.82) is 0 Å². The Morgan fingerprint density at radius 2 is 2.44 bits per heavy atom. The van der Waals surface area contributed by atoms with Crippen LogP contribution >= 0.6 is 0 Å². The van der Waals surface area contributed by atoms with Crippen LogP contribution in [0.5, 0.6) is 0 Å². The Bertz CT molecular complexity index is 139. The van der Waals surface area contributed by atoms with Crippen molar-refractivity contribution in [3.63, 3.8) is 0 Å².